The van der Waals surface area contributed by atoms with Crippen LogP contribution >= 0.6 is 0 Å². The van der Waals surface area contributed by atoms with Gasteiger partial charge in [-0.3, -0.25) is 0 Å². The minimum Gasteiger partial charge on any atom is -0.496 e. The lowest BCUT2D eigenvalue weighted by molar-refractivity contribution is 0.405. The number of methoxy groups -OCH3 is 1. The minimum atomic E-state index is -0.595. The maximum atomic E-state index is 13.7. The highest BCUT2D eigenvalue weighted by atomic mass is 19.1. The van der Waals surface area contributed by atoms with Gasteiger partial charge in [0.2, 0.25) is 0 Å². The Labute approximate surface area is 128 Å². The Morgan fingerprint density at radius 1 is 1.23 bits per heavy atom. The topological polar surface area (TPSA) is 45.0 Å². The van der Waals surface area contributed by atoms with Gasteiger partial charge in [0.15, 0.2) is 0 Å². The zero-order valence-electron chi connectivity index (χ0n) is 12.4. The highest BCUT2D eigenvalue weighted by Crippen LogP contribution is 2.22. The van der Waals surface area contributed by atoms with Gasteiger partial charge in [-0.25, -0.2) is 8.78 Å². The average Bonchev–Trinajstić information content (AvgIpc) is 2.52. The third-order valence-electron chi connectivity index (χ3n) is 3.44. The van der Waals surface area contributed by atoms with Crippen molar-refractivity contribution in [1.82, 2.24) is 5.32 Å². The number of rotatable bonds is 5. The quantitative estimate of drug-likeness (QED) is 0.916. The fourth-order valence-corrected chi connectivity index (χ4v) is 2.19. The van der Waals surface area contributed by atoms with Gasteiger partial charge >= 0.3 is 0 Å². The van der Waals surface area contributed by atoms with Gasteiger partial charge < -0.3 is 10.1 Å². The predicted octanol–water partition coefficient (Wildman–Crippen LogP) is 3.70. The van der Waals surface area contributed by atoms with Crippen LogP contribution in [-0.4, -0.2) is 7.11 Å². The molecule has 0 bridgehead atoms. The van der Waals surface area contributed by atoms with Crippen LogP contribution in [0.4, 0.5) is 8.78 Å². The molecule has 1 N–H and O–H groups in total. The van der Waals surface area contributed by atoms with E-state index in [2.05, 4.69) is 5.32 Å². The molecule has 3 nitrogen and oxygen atoms in total. The number of nitriles is 1. The first-order valence-electron chi connectivity index (χ1n) is 6.80. The molecule has 2 aromatic rings. The second kappa shape index (κ2) is 7.01. The second-order valence-corrected chi connectivity index (χ2v) is 4.91. The fourth-order valence-electron chi connectivity index (χ4n) is 2.19. The van der Waals surface area contributed by atoms with Crippen LogP contribution in [0.25, 0.3) is 0 Å². The van der Waals surface area contributed by atoms with Crippen LogP contribution in [0.5, 0.6) is 5.75 Å². The summed E-state index contributed by atoms with van der Waals surface area (Å²) < 4.78 is 31.9. The highest BCUT2D eigenvalue weighted by molar-refractivity contribution is 5.42. The summed E-state index contributed by atoms with van der Waals surface area (Å²) in [4.78, 5) is 0. The van der Waals surface area contributed by atoms with Crippen molar-refractivity contribution in [2.24, 2.45) is 0 Å². The number of halogens is 2. The molecule has 0 aliphatic carbocycles. The lowest BCUT2D eigenvalue weighted by atomic mass is 10.1. The van der Waals surface area contributed by atoms with Gasteiger partial charge in [-0.15, -0.1) is 0 Å². The van der Waals surface area contributed by atoms with Crippen molar-refractivity contribution >= 4 is 0 Å². The zero-order valence-corrected chi connectivity index (χ0v) is 12.4. The molecular formula is C17H16F2N2O. The van der Waals surface area contributed by atoms with E-state index in [1.807, 2.05) is 6.07 Å². The van der Waals surface area contributed by atoms with E-state index in [0.717, 1.165) is 11.6 Å². The van der Waals surface area contributed by atoms with Crippen molar-refractivity contribution in [3.63, 3.8) is 0 Å². The van der Waals surface area contributed by atoms with Crippen LogP contribution in [0, 0.1) is 23.0 Å². The molecule has 0 heterocycles. The third-order valence-corrected chi connectivity index (χ3v) is 3.44. The lowest BCUT2D eigenvalue weighted by Gasteiger charge is -2.16. The average molecular weight is 302 g/mol. The molecule has 0 radical (unpaired) electrons. The standard InChI is InChI=1S/C17H16F2N2O/c1-11(15-6-5-14(18)8-16(15)19)21-10-13-4-3-12(9-20)7-17(13)22-2/h3-8,11,21H,10H2,1-2H3. The smallest absolute Gasteiger partial charge is 0.130 e. The van der Waals surface area contributed by atoms with Gasteiger partial charge in [-0.05, 0) is 25.1 Å². The number of benzene rings is 2. The summed E-state index contributed by atoms with van der Waals surface area (Å²) in [6.07, 6.45) is 0. The first-order chi connectivity index (χ1) is 10.5. The molecule has 1 atom stereocenters. The minimum absolute atomic E-state index is 0.291. The van der Waals surface area contributed by atoms with Gasteiger partial charge in [0.05, 0.1) is 18.7 Å². The van der Waals surface area contributed by atoms with Crippen LogP contribution in [-0.2, 0) is 6.54 Å². The first-order valence-corrected chi connectivity index (χ1v) is 6.80. The predicted molar refractivity (Wildman–Crippen MR) is 79.3 cm³/mol. The van der Waals surface area contributed by atoms with E-state index in [9.17, 15) is 8.78 Å². The number of hydrogen-bond donors (Lipinski definition) is 1. The molecule has 0 amide bonds. The molecule has 2 aromatic carbocycles. The Balaban J connectivity index is 2.11. The summed E-state index contributed by atoms with van der Waals surface area (Å²) in [5.74, 6) is -0.577. The molecular weight excluding hydrogens is 286 g/mol. The van der Waals surface area contributed by atoms with Gasteiger partial charge in [-0.1, -0.05) is 12.1 Å². The summed E-state index contributed by atoms with van der Waals surface area (Å²) in [6, 6.07) is 10.4. The molecule has 1 unspecified atom stereocenters. The van der Waals surface area contributed by atoms with Crippen molar-refractivity contribution < 1.29 is 13.5 Å². The number of nitrogens with one attached hydrogen (secondary N) is 1. The Bertz CT molecular complexity index is 710. The van der Waals surface area contributed by atoms with Crippen molar-refractivity contribution in [3.05, 3.63) is 64.7 Å². The summed E-state index contributed by atoms with van der Waals surface area (Å²) >= 11 is 0. The molecule has 0 aliphatic heterocycles. The lowest BCUT2D eigenvalue weighted by Crippen LogP contribution is -2.19. The van der Waals surface area contributed by atoms with Crippen molar-refractivity contribution in [3.8, 4) is 11.8 Å². The Kier molecular flexibility index (Phi) is 5.08. The molecule has 0 aromatic heterocycles. The fraction of sp³-hybridized carbons (Fsp3) is 0.235. The molecule has 114 valence electrons. The van der Waals surface area contributed by atoms with Crippen molar-refractivity contribution in [1.29, 1.82) is 5.26 Å². The summed E-state index contributed by atoms with van der Waals surface area (Å²) in [5.41, 5.74) is 1.77. The second-order valence-electron chi connectivity index (χ2n) is 4.91. The molecule has 2 rings (SSSR count). The Morgan fingerprint density at radius 2 is 2.00 bits per heavy atom. The number of ether oxygens (including phenoxy) is 1. The largest absolute Gasteiger partial charge is 0.496 e. The van der Waals surface area contributed by atoms with Crippen LogP contribution in [0.15, 0.2) is 36.4 Å². The summed E-state index contributed by atoms with van der Waals surface area (Å²) in [5, 5.41) is 12.0. The number of hydrogen-bond acceptors (Lipinski definition) is 3. The third kappa shape index (κ3) is 3.60. The van der Waals surface area contributed by atoms with E-state index < -0.39 is 11.6 Å². The van der Waals surface area contributed by atoms with Gasteiger partial charge in [0.25, 0.3) is 0 Å². The van der Waals surface area contributed by atoms with E-state index in [4.69, 9.17) is 10.00 Å². The normalized spacial score (nSPS) is 11.8. The molecule has 0 fully saturated rings. The molecule has 0 saturated heterocycles. The van der Waals surface area contributed by atoms with E-state index in [-0.39, 0.29) is 6.04 Å². The molecule has 5 heteroatoms. The van der Waals surface area contributed by atoms with E-state index in [1.165, 1.54) is 19.2 Å². The van der Waals surface area contributed by atoms with E-state index in [0.29, 0.717) is 23.4 Å². The Hall–Kier alpha value is -2.45. The zero-order chi connectivity index (χ0) is 16.1. The first kappa shape index (κ1) is 15.9. The number of nitrogens with zero attached hydrogens (tertiary/aromatic N) is 1. The maximum absolute atomic E-state index is 13.7. The van der Waals surface area contributed by atoms with Gasteiger partial charge in [0.1, 0.15) is 17.4 Å². The molecule has 0 saturated carbocycles. The summed E-state index contributed by atoms with van der Waals surface area (Å²) in [7, 11) is 1.53. The molecule has 0 spiro atoms. The van der Waals surface area contributed by atoms with E-state index >= 15 is 0 Å². The Morgan fingerprint density at radius 3 is 2.64 bits per heavy atom. The van der Waals surface area contributed by atoms with Crippen LogP contribution < -0.4 is 10.1 Å². The maximum Gasteiger partial charge on any atom is 0.130 e. The van der Waals surface area contributed by atoms with Crippen LogP contribution in [0.2, 0.25) is 0 Å². The highest BCUT2D eigenvalue weighted by Gasteiger charge is 2.12. The van der Waals surface area contributed by atoms with Crippen molar-refractivity contribution in [2.75, 3.05) is 7.11 Å². The summed E-state index contributed by atoms with van der Waals surface area (Å²) in [6.45, 7) is 2.24. The monoisotopic (exact) mass is 302 g/mol. The van der Waals surface area contributed by atoms with Crippen LogP contribution in [0.1, 0.15) is 29.7 Å². The van der Waals surface area contributed by atoms with Crippen molar-refractivity contribution in [2.45, 2.75) is 19.5 Å². The van der Waals surface area contributed by atoms with E-state index in [1.54, 1.807) is 25.1 Å². The molecule has 22 heavy (non-hydrogen) atoms. The van der Waals surface area contributed by atoms with Gasteiger partial charge in [-0.2, -0.15) is 5.26 Å². The molecule has 0 aliphatic rings. The van der Waals surface area contributed by atoms with Gasteiger partial charge in [0, 0.05) is 29.8 Å². The SMILES string of the molecule is COc1cc(C#N)ccc1CNC(C)c1ccc(F)cc1F. The van der Waals surface area contributed by atoms with Crippen LogP contribution in [0.3, 0.4) is 0 Å².